The van der Waals surface area contributed by atoms with Crippen LogP contribution in [0.2, 0.25) is 0 Å². The van der Waals surface area contributed by atoms with E-state index in [9.17, 15) is 4.57 Å². The van der Waals surface area contributed by atoms with Gasteiger partial charge in [-0.2, -0.15) is 0 Å². The van der Waals surface area contributed by atoms with Crippen molar-refractivity contribution < 1.29 is 24.0 Å². The Morgan fingerprint density at radius 3 is 2.45 bits per heavy atom. The molecule has 0 saturated carbocycles. The summed E-state index contributed by atoms with van der Waals surface area (Å²) in [6.45, 7) is -0.384. The molecule has 0 aromatic rings. The van der Waals surface area contributed by atoms with Gasteiger partial charge in [0.25, 0.3) is 0 Å². The van der Waals surface area contributed by atoms with Gasteiger partial charge in [-0.1, -0.05) is 0 Å². The predicted molar refractivity (Wildman–Crippen MR) is 39.3 cm³/mol. The molecule has 0 heterocycles. The zero-order valence-electron chi connectivity index (χ0n) is 5.68. The first-order valence-corrected chi connectivity index (χ1v) is 4.87. The summed E-state index contributed by atoms with van der Waals surface area (Å²) in [5.41, 5.74) is 0. The molecule has 68 valence electrons. The second-order valence-electron chi connectivity index (χ2n) is 1.89. The maximum absolute atomic E-state index is 10.1. The number of phosphoric acid groups is 1. The monoisotopic (exact) mass is 204 g/mol. The van der Waals surface area contributed by atoms with E-state index in [-0.39, 0.29) is 19.6 Å². The number of phosphoric ester groups is 1. The molecule has 0 fully saturated rings. The van der Waals surface area contributed by atoms with Crippen molar-refractivity contribution in [3.8, 4) is 0 Å². The zero-order valence-corrected chi connectivity index (χ0v) is 7.33. The molecule has 0 aliphatic heterocycles. The van der Waals surface area contributed by atoms with Crippen LogP contribution in [-0.2, 0) is 9.09 Å². The molecule has 0 rings (SSSR count). The lowest BCUT2D eigenvalue weighted by Crippen LogP contribution is -2.07. The van der Waals surface area contributed by atoms with Gasteiger partial charge in [0.15, 0.2) is 0 Å². The molecule has 0 aromatic carbocycles. The van der Waals surface area contributed by atoms with E-state index in [1.165, 1.54) is 0 Å². The summed E-state index contributed by atoms with van der Waals surface area (Å²) in [6.07, 6.45) is 0.211. The molecule has 0 aliphatic rings. The molecular weight excluding hydrogens is 194 g/mol. The smallest absolute Gasteiger partial charge is 0.395 e. The number of alkyl halides is 1. The van der Waals surface area contributed by atoms with Crippen molar-refractivity contribution in [2.24, 2.45) is 0 Å². The van der Waals surface area contributed by atoms with Crippen molar-refractivity contribution in [2.45, 2.75) is 11.8 Å². The van der Waals surface area contributed by atoms with Crippen LogP contribution in [0.15, 0.2) is 0 Å². The standard InChI is InChI=1S/C4H10ClO5P/c5-4(3-6)1-2-10-11(7,8)9/h4,6H,1-3H2,(H2,7,8,9). The van der Waals surface area contributed by atoms with Crippen LogP contribution in [0, 0.1) is 0 Å². The van der Waals surface area contributed by atoms with E-state index in [2.05, 4.69) is 4.52 Å². The summed E-state index contributed by atoms with van der Waals surface area (Å²) in [6, 6.07) is 0. The summed E-state index contributed by atoms with van der Waals surface area (Å²) >= 11 is 5.41. The van der Waals surface area contributed by atoms with Crippen LogP contribution in [0.3, 0.4) is 0 Å². The normalized spacial score (nSPS) is 14.9. The Morgan fingerprint density at radius 1 is 1.55 bits per heavy atom. The highest BCUT2D eigenvalue weighted by Crippen LogP contribution is 2.35. The number of aliphatic hydroxyl groups is 1. The minimum atomic E-state index is -4.37. The molecule has 0 bridgehead atoms. The lowest BCUT2D eigenvalue weighted by atomic mass is 10.3. The van der Waals surface area contributed by atoms with Crippen LogP contribution in [0.25, 0.3) is 0 Å². The van der Waals surface area contributed by atoms with Crippen molar-refractivity contribution in [1.29, 1.82) is 0 Å². The van der Waals surface area contributed by atoms with Crippen LogP contribution in [0.1, 0.15) is 6.42 Å². The zero-order chi connectivity index (χ0) is 8.91. The van der Waals surface area contributed by atoms with Gasteiger partial charge in [0.2, 0.25) is 0 Å². The number of rotatable bonds is 5. The summed E-state index contributed by atoms with van der Waals surface area (Å²) < 4.78 is 14.1. The van der Waals surface area contributed by atoms with Crippen molar-refractivity contribution >= 4 is 19.4 Å². The van der Waals surface area contributed by atoms with E-state index in [0.29, 0.717) is 0 Å². The van der Waals surface area contributed by atoms with Gasteiger partial charge in [-0.15, -0.1) is 11.6 Å². The number of aliphatic hydroxyl groups excluding tert-OH is 1. The highest BCUT2D eigenvalue weighted by atomic mass is 35.5. The molecule has 5 nitrogen and oxygen atoms in total. The summed E-state index contributed by atoms with van der Waals surface area (Å²) in [5, 5.41) is 7.87. The molecule has 0 radical (unpaired) electrons. The molecular formula is C4H10ClO5P. The van der Waals surface area contributed by atoms with E-state index in [1.54, 1.807) is 0 Å². The molecule has 7 heteroatoms. The Hall–Kier alpha value is 0.360. The van der Waals surface area contributed by atoms with E-state index >= 15 is 0 Å². The molecule has 1 unspecified atom stereocenters. The highest BCUT2D eigenvalue weighted by molar-refractivity contribution is 7.46. The van der Waals surface area contributed by atoms with Gasteiger partial charge < -0.3 is 14.9 Å². The maximum atomic E-state index is 10.1. The Morgan fingerprint density at radius 2 is 2.09 bits per heavy atom. The van der Waals surface area contributed by atoms with Crippen LogP contribution >= 0.6 is 19.4 Å². The van der Waals surface area contributed by atoms with Crippen molar-refractivity contribution in [2.75, 3.05) is 13.2 Å². The average molecular weight is 205 g/mol. The van der Waals surface area contributed by atoms with E-state index in [0.717, 1.165) is 0 Å². The number of halogens is 1. The molecule has 0 aromatic heterocycles. The summed E-state index contributed by atoms with van der Waals surface area (Å²) in [5.74, 6) is 0. The Kier molecular flexibility index (Phi) is 5.25. The Labute approximate surface area is 69.2 Å². The van der Waals surface area contributed by atoms with Gasteiger partial charge in [0.05, 0.1) is 18.6 Å². The van der Waals surface area contributed by atoms with E-state index in [4.69, 9.17) is 26.5 Å². The fourth-order valence-electron chi connectivity index (χ4n) is 0.391. The third-order valence-corrected chi connectivity index (χ3v) is 1.76. The topological polar surface area (TPSA) is 87.0 Å². The molecule has 0 saturated heterocycles. The Bertz CT molecular complexity index is 145. The fraction of sp³-hybridized carbons (Fsp3) is 1.00. The van der Waals surface area contributed by atoms with Crippen LogP contribution in [0.4, 0.5) is 0 Å². The van der Waals surface area contributed by atoms with Crippen molar-refractivity contribution in [1.82, 2.24) is 0 Å². The molecule has 1 atom stereocenters. The Balaban J connectivity index is 3.35. The van der Waals surface area contributed by atoms with Gasteiger partial charge in [-0.05, 0) is 6.42 Å². The highest BCUT2D eigenvalue weighted by Gasteiger charge is 2.14. The van der Waals surface area contributed by atoms with Gasteiger partial charge in [0, 0.05) is 0 Å². The quantitative estimate of drug-likeness (QED) is 0.436. The fourth-order valence-corrected chi connectivity index (χ4v) is 0.823. The minimum absolute atomic E-state index is 0.154. The predicted octanol–water partition coefficient (Wildman–Crippen LogP) is 0.0855. The van der Waals surface area contributed by atoms with Crippen LogP contribution in [0.5, 0.6) is 0 Å². The first-order valence-electron chi connectivity index (χ1n) is 2.90. The minimum Gasteiger partial charge on any atom is -0.395 e. The first kappa shape index (κ1) is 11.4. The molecule has 3 N–H and O–H groups in total. The molecule has 11 heavy (non-hydrogen) atoms. The average Bonchev–Trinajstić information content (AvgIpc) is 1.85. The number of hydrogen-bond donors (Lipinski definition) is 3. The lowest BCUT2D eigenvalue weighted by Gasteiger charge is -2.06. The molecule has 0 aliphatic carbocycles. The third-order valence-electron chi connectivity index (χ3n) is 0.889. The SMILES string of the molecule is O=P(O)(O)OCCC(Cl)CO. The van der Waals surface area contributed by atoms with Gasteiger partial charge in [-0.3, -0.25) is 4.52 Å². The van der Waals surface area contributed by atoms with Crippen molar-refractivity contribution in [3.05, 3.63) is 0 Å². The van der Waals surface area contributed by atoms with Gasteiger partial charge in [-0.25, -0.2) is 4.57 Å². The first-order chi connectivity index (χ1) is 4.95. The van der Waals surface area contributed by atoms with Crippen LogP contribution < -0.4 is 0 Å². The van der Waals surface area contributed by atoms with Crippen molar-refractivity contribution in [3.63, 3.8) is 0 Å². The van der Waals surface area contributed by atoms with Crippen LogP contribution in [-0.4, -0.2) is 33.5 Å². The second-order valence-corrected chi connectivity index (χ2v) is 3.75. The summed E-state index contributed by atoms with van der Waals surface area (Å²) in [7, 11) is -4.37. The van der Waals surface area contributed by atoms with E-state index in [1.807, 2.05) is 0 Å². The number of hydrogen-bond acceptors (Lipinski definition) is 3. The maximum Gasteiger partial charge on any atom is 0.469 e. The summed E-state index contributed by atoms with van der Waals surface area (Å²) in [4.78, 5) is 16.4. The van der Waals surface area contributed by atoms with Gasteiger partial charge >= 0.3 is 7.82 Å². The van der Waals surface area contributed by atoms with Gasteiger partial charge in [0.1, 0.15) is 0 Å². The largest absolute Gasteiger partial charge is 0.469 e. The lowest BCUT2D eigenvalue weighted by molar-refractivity contribution is 0.187. The third kappa shape index (κ3) is 8.26. The second kappa shape index (κ2) is 5.09. The molecule has 0 amide bonds. The molecule has 0 spiro atoms. The van der Waals surface area contributed by atoms with E-state index < -0.39 is 13.2 Å².